The number of carbonyl (C=O) groups excluding carboxylic acids is 3. The van der Waals surface area contributed by atoms with Crippen LogP contribution in [0.3, 0.4) is 0 Å². The molecule has 3 aliphatic heterocycles. The van der Waals surface area contributed by atoms with Gasteiger partial charge in [0, 0.05) is 10.4 Å². The van der Waals surface area contributed by atoms with Crippen LogP contribution < -0.4 is 10.6 Å². The molecule has 0 aromatic heterocycles. The highest BCUT2D eigenvalue weighted by Gasteiger charge is 2.77. The zero-order valence-corrected chi connectivity index (χ0v) is 21.8. The average Bonchev–Trinajstić information content (AvgIpc) is 3.43. The fourth-order valence-corrected chi connectivity index (χ4v) is 8.90. The number of halogens is 1. The number of nitrogens with one attached hydrogen (secondary N) is 2. The van der Waals surface area contributed by atoms with Gasteiger partial charge in [-0.25, -0.2) is 0 Å². The maximum absolute atomic E-state index is 14.1. The van der Waals surface area contributed by atoms with E-state index in [9.17, 15) is 19.5 Å². The van der Waals surface area contributed by atoms with Crippen LogP contribution in [0.5, 0.6) is 0 Å². The van der Waals surface area contributed by atoms with Gasteiger partial charge < -0.3 is 20.6 Å². The summed E-state index contributed by atoms with van der Waals surface area (Å²) in [5.74, 6) is -2.04. The Morgan fingerprint density at radius 2 is 1.81 bits per heavy atom. The third-order valence-electron chi connectivity index (χ3n) is 7.99. The highest BCUT2D eigenvalue weighted by Crippen LogP contribution is 2.71. The zero-order chi connectivity index (χ0) is 25.7. The highest BCUT2D eigenvalue weighted by molar-refractivity contribution is 8.02. The summed E-state index contributed by atoms with van der Waals surface area (Å²) in [4.78, 5) is 43.2. The van der Waals surface area contributed by atoms with Gasteiger partial charge in [-0.1, -0.05) is 48.9 Å². The SMILES string of the molecule is CC[C@@H](CO)N1C(=O)[C@@H]2[C@H](C(=O)Nc3ccccc3)[C@]3(C)CCC2(S3)C1C(=O)Nc1ccccc1Cl. The van der Waals surface area contributed by atoms with E-state index in [1.807, 2.05) is 44.2 Å². The summed E-state index contributed by atoms with van der Waals surface area (Å²) < 4.78 is -1.24. The van der Waals surface area contributed by atoms with Crippen molar-refractivity contribution in [3.63, 3.8) is 0 Å². The van der Waals surface area contributed by atoms with E-state index in [1.54, 1.807) is 40.9 Å². The Labute approximate surface area is 220 Å². The predicted octanol–water partition coefficient (Wildman–Crippen LogP) is 4.17. The lowest BCUT2D eigenvalue weighted by atomic mass is 9.66. The number of nitrogens with zero attached hydrogens (tertiary/aromatic N) is 1. The van der Waals surface area contributed by atoms with Crippen LogP contribution in [0.15, 0.2) is 54.6 Å². The summed E-state index contributed by atoms with van der Waals surface area (Å²) in [6.07, 6.45) is 1.84. The first-order valence-electron chi connectivity index (χ1n) is 12.3. The minimum absolute atomic E-state index is 0.208. The fourth-order valence-electron chi connectivity index (χ4n) is 6.38. The lowest BCUT2D eigenvalue weighted by molar-refractivity contribution is -0.141. The second-order valence-electron chi connectivity index (χ2n) is 10.0. The number of aliphatic hydroxyl groups is 1. The number of amides is 3. The van der Waals surface area contributed by atoms with E-state index in [2.05, 4.69) is 10.6 Å². The van der Waals surface area contributed by atoms with E-state index in [0.717, 1.165) is 0 Å². The fraction of sp³-hybridized carbons (Fsp3) is 0.444. The molecule has 0 radical (unpaired) electrons. The number of benzene rings is 2. The van der Waals surface area contributed by atoms with E-state index in [-0.39, 0.29) is 24.3 Å². The van der Waals surface area contributed by atoms with Gasteiger partial charge >= 0.3 is 0 Å². The molecule has 36 heavy (non-hydrogen) atoms. The molecule has 9 heteroatoms. The van der Waals surface area contributed by atoms with Crippen molar-refractivity contribution in [1.82, 2.24) is 4.90 Å². The molecule has 3 N–H and O–H groups in total. The van der Waals surface area contributed by atoms with Crippen molar-refractivity contribution in [3.05, 3.63) is 59.6 Å². The number of likely N-dealkylation sites (tertiary alicyclic amines) is 1. The zero-order valence-electron chi connectivity index (χ0n) is 20.2. The number of anilines is 2. The van der Waals surface area contributed by atoms with Gasteiger partial charge in [-0.15, -0.1) is 11.8 Å². The molecule has 1 spiro atoms. The van der Waals surface area contributed by atoms with E-state index < -0.39 is 33.4 Å². The second kappa shape index (κ2) is 9.39. The van der Waals surface area contributed by atoms with Crippen molar-refractivity contribution in [2.45, 2.75) is 54.7 Å². The van der Waals surface area contributed by atoms with Crippen LogP contribution >= 0.6 is 23.4 Å². The van der Waals surface area contributed by atoms with Crippen LogP contribution in [0.4, 0.5) is 11.4 Å². The maximum Gasteiger partial charge on any atom is 0.248 e. The summed E-state index contributed by atoms with van der Waals surface area (Å²) in [7, 11) is 0. The number of fused-ring (bicyclic) bond motifs is 1. The predicted molar refractivity (Wildman–Crippen MR) is 142 cm³/mol. The van der Waals surface area contributed by atoms with Crippen LogP contribution in [-0.2, 0) is 14.4 Å². The minimum atomic E-state index is -0.829. The van der Waals surface area contributed by atoms with Crippen LogP contribution in [0.2, 0.25) is 5.02 Å². The number of hydrogen-bond acceptors (Lipinski definition) is 5. The number of para-hydroxylation sites is 2. The van der Waals surface area contributed by atoms with E-state index in [1.165, 1.54) is 0 Å². The van der Waals surface area contributed by atoms with Gasteiger partial charge in [0.2, 0.25) is 17.7 Å². The normalized spacial score (nSPS) is 31.3. The molecule has 3 fully saturated rings. The van der Waals surface area contributed by atoms with E-state index in [4.69, 9.17) is 11.6 Å². The first-order valence-corrected chi connectivity index (χ1v) is 13.5. The Morgan fingerprint density at radius 1 is 1.11 bits per heavy atom. The number of carbonyl (C=O) groups is 3. The van der Waals surface area contributed by atoms with Gasteiger partial charge in [0.1, 0.15) is 6.04 Å². The van der Waals surface area contributed by atoms with E-state index in [0.29, 0.717) is 35.7 Å². The van der Waals surface area contributed by atoms with Gasteiger partial charge in [-0.05, 0) is 50.5 Å². The molecule has 3 saturated heterocycles. The highest BCUT2D eigenvalue weighted by atomic mass is 35.5. The Kier molecular flexibility index (Phi) is 6.55. The van der Waals surface area contributed by atoms with Crippen molar-refractivity contribution in [3.8, 4) is 0 Å². The molecule has 2 aromatic rings. The molecule has 5 rings (SSSR count). The Hall–Kier alpha value is -2.55. The molecular weight excluding hydrogens is 498 g/mol. The van der Waals surface area contributed by atoms with Crippen molar-refractivity contribution >= 4 is 52.5 Å². The van der Waals surface area contributed by atoms with Crippen LogP contribution in [0, 0.1) is 11.8 Å². The summed E-state index contributed by atoms with van der Waals surface area (Å²) in [6, 6.07) is 14.8. The third-order valence-corrected chi connectivity index (χ3v) is 10.3. The molecule has 0 saturated carbocycles. The molecule has 7 nitrogen and oxygen atoms in total. The quantitative estimate of drug-likeness (QED) is 0.502. The summed E-state index contributed by atoms with van der Waals surface area (Å²) in [5.41, 5.74) is 1.14. The maximum atomic E-state index is 14.1. The Balaban J connectivity index is 1.54. The molecule has 0 aliphatic carbocycles. The van der Waals surface area contributed by atoms with Crippen LogP contribution in [0.1, 0.15) is 33.1 Å². The number of rotatable bonds is 7. The first kappa shape index (κ1) is 25.1. The second-order valence-corrected chi connectivity index (χ2v) is 12.3. The van der Waals surface area contributed by atoms with E-state index >= 15 is 0 Å². The van der Waals surface area contributed by atoms with Gasteiger partial charge in [0.25, 0.3) is 0 Å². The molecule has 2 bridgehead atoms. The molecule has 3 heterocycles. The first-order chi connectivity index (χ1) is 17.3. The van der Waals surface area contributed by atoms with Gasteiger partial charge in [0.05, 0.1) is 39.9 Å². The Bertz CT molecular complexity index is 1190. The smallest absolute Gasteiger partial charge is 0.248 e. The van der Waals surface area contributed by atoms with Crippen molar-refractivity contribution in [2.24, 2.45) is 11.8 Å². The van der Waals surface area contributed by atoms with Gasteiger partial charge in [-0.3, -0.25) is 14.4 Å². The average molecular weight is 528 g/mol. The molecule has 3 amide bonds. The molecule has 6 atom stereocenters. The van der Waals surface area contributed by atoms with Gasteiger partial charge in [0.15, 0.2) is 0 Å². The minimum Gasteiger partial charge on any atom is -0.394 e. The number of aliphatic hydroxyl groups excluding tert-OH is 1. The molecule has 2 unspecified atom stereocenters. The lowest BCUT2D eigenvalue weighted by Crippen LogP contribution is -2.54. The lowest BCUT2D eigenvalue weighted by Gasteiger charge is -2.36. The van der Waals surface area contributed by atoms with Crippen molar-refractivity contribution in [1.29, 1.82) is 0 Å². The summed E-state index contributed by atoms with van der Waals surface area (Å²) >= 11 is 7.91. The largest absolute Gasteiger partial charge is 0.394 e. The molecule has 190 valence electrons. The topological polar surface area (TPSA) is 98.7 Å². The monoisotopic (exact) mass is 527 g/mol. The number of thioether (sulfide) groups is 1. The van der Waals surface area contributed by atoms with Crippen molar-refractivity contribution in [2.75, 3.05) is 17.2 Å². The van der Waals surface area contributed by atoms with Crippen molar-refractivity contribution < 1.29 is 19.5 Å². The third kappa shape index (κ3) is 3.81. The Morgan fingerprint density at radius 3 is 2.47 bits per heavy atom. The van der Waals surface area contributed by atoms with Crippen LogP contribution in [0.25, 0.3) is 0 Å². The van der Waals surface area contributed by atoms with Gasteiger partial charge in [-0.2, -0.15) is 0 Å². The summed E-state index contributed by atoms with van der Waals surface area (Å²) in [5, 5.41) is 16.5. The number of hydrogen-bond donors (Lipinski definition) is 3. The summed E-state index contributed by atoms with van der Waals surface area (Å²) in [6.45, 7) is 3.65. The standard InChI is InChI=1S/C27H30ClN3O4S/c1-3-17(15-32)31-22(24(34)30-19-12-8-7-11-18(19)28)27-14-13-26(2,36-27)20(21(27)25(31)35)23(33)29-16-9-5-4-6-10-16/h4-12,17,20-22,32H,3,13-15H2,1-2H3,(H,29,33)(H,30,34)/t17-,20+,21-,22?,26-,27?/m0/s1. The molecule has 3 aliphatic rings. The molecule has 2 aromatic carbocycles. The molecular formula is C27H30ClN3O4S. The van der Waals surface area contributed by atoms with Crippen LogP contribution in [-0.4, -0.2) is 55.9 Å².